The molecule has 1 aliphatic rings. The van der Waals surface area contributed by atoms with Crippen LogP contribution in [0.1, 0.15) is 6.42 Å². The monoisotopic (exact) mass is 361 g/mol. The lowest BCUT2D eigenvalue weighted by molar-refractivity contribution is 0.0257. The van der Waals surface area contributed by atoms with Crippen LogP contribution in [0.4, 0.5) is 14.6 Å². The van der Waals surface area contributed by atoms with Gasteiger partial charge in [0.05, 0.1) is 12.1 Å². The third kappa shape index (κ3) is 2.13. The summed E-state index contributed by atoms with van der Waals surface area (Å²) >= 11 is 2.19. The van der Waals surface area contributed by atoms with E-state index in [9.17, 15) is 8.78 Å². The summed E-state index contributed by atoms with van der Waals surface area (Å²) < 4.78 is 27.6. The highest BCUT2D eigenvalue weighted by atomic mass is 127. The molecule has 0 unspecified atom stereocenters. The first-order valence-electron chi connectivity index (χ1n) is 5.58. The molecule has 3 nitrogen and oxygen atoms in total. The fourth-order valence-corrected chi connectivity index (χ4v) is 2.68. The van der Waals surface area contributed by atoms with Crippen molar-refractivity contribution in [2.24, 2.45) is 0 Å². The lowest BCUT2D eigenvalue weighted by Gasteiger charge is -2.18. The van der Waals surface area contributed by atoms with Crippen molar-refractivity contribution in [3.8, 4) is 0 Å². The first-order chi connectivity index (χ1) is 8.55. The number of hydrogen-bond acceptors (Lipinski definition) is 3. The van der Waals surface area contributed by atoms with Gasteiger partial charge in [0.15, 0.2) is 0 Å². The summed E-state index contributed by atoms with van der Waals surface area (Å²) in [6.45, 7) is 0.0785. The molecule has 1 aliphatic heterocycles. The number of halogens is 3. The number of benzene rings is 1. The molecule has 0 saturated carbocycles. The molecular weight excluding hydrogens is 351 g/mol. The second kappa shape index (κ2) is 4.25. The number of alkyl halides is 2. The third-order valence-corrected chi connectivity index (χ3v) is 3.72. The van der Waals surface area contributed by atoms with Crippen molar-refractivity contribution in [1.29, 1.82) is 0 Å². The van der Waals surface area contributed by atoms with Crippen LogP contribution in [-0.2, 0) is 0 Å². The number of nitrogens with zero attached hydrogens (tertiary/aromatic N) is 3. The Kier molecular flexibility index (Phi) is 2.84. The fraction of sp³-hybridized carbons (Fsp3) is 0.333. The smallest absolute Gasteiger partial charge is 0.266 e. The molecule has 2 aromatic rings. The maximum Gasteiger partial charge on any atom is 0.266 e. The van der Waals surface area contributed by atoms with Gasteiger partial charge in [-0.1, -0.05) is 0 Å². The van der Waals surface area contributed by atoms with E-state index in [4.69, 9.17) is 0 Å². The van der Waals surface area contributed by atoms with E-state index in [2.05, 4.69) is 32.6 Å². The molecule has 2 heterocycles. The number of anilines is 1. The standard InChI is InChI=1S/C12H10F2IN3/c13-12(14)3-4-18(6-12)11-9-5-8(15)1-2-10(9)16-7-17-11/h1-2,5,7H,3-4,6H2. The molecule has 1 fully saturated rings. The van der Waals surface area contributed by atoms with Gasteiger partial charge >= 0.3 is 0 Å². The summed E-state index contributed by atoms with van der Waals surface area (Å²) in [7, 11) is 0. The highest BCUT2D eigenvalue weighted by Gasteiger charge is 2.39. The molecule has 0 N–H and O–H groups in total. The van der Waals surface area contributed by atoms with Crippen LogP contribution in [0, 0.1) is 3.57 Å². The zero-order valence-electron chi connectivity index (χ0n) is 9.41. The molecule has 1 aromatic heterocycles. The van der Waals surface area contributed by atoms with Crippen LogP contribution < -0.4 is 4.90 Å². The maximum absolute atomic E-state index is 13.3. The molecule has 0 bridgehead atoms. The highest BCUT2D eigenvalue weighted by molar-refractivity contribution is 14.1. The van der Waals surface area contributed by atoms with E-state index in [0.717, 1.165) is 14.5 Å². The Hall–Kier alpha value is -1.05. The fourth-order valence-electron chi connectivity index (χ4n) is 2.18. The minimum absolute atomic E-state index is 0.109. The molecule has 0 atom stereocenters. The largest absolute Gasteiger partial charge is 0.350 e. The third-order valence-electron chi connectivity index (χ3n) is 3.05. The Morgan fingerprint density at radius 1 is 1.28 bits per heavy atom. The molecule has 3 rings (SSSR count). The van der Waals surface area contributed by atoms with Crippen molar-refractivity contribution in [2.75, 3.05) is 18.0 Å². The lowest BCUT2D eigenvalue weighted by Crippen LogP contribution is -2.25. The van der Waals surface area contributed by atoms with Crippen LogP contribution in [0.3, 0.4) is 0 Å². The van der Waals surface area contributed by atoms with Crippen LogP contribution in [-0.4, -0.2) is 29.0 Å². The Balaban J connectivity index is 2.09. The zero-order chi connectivity index (χ0) is 12.8. The summed E-state index contributed by atoms with van der Waals surface area (Å²) in [5.74, 6) is -2.00. The topological polar surface area (TPSA) is 29.0 Å². The predicted octanol–water partition coefficient (Wildman–Crippen LogP) is 3.08. The molecule has 18 heavy (non-hydrogen) atoms. The summed E-state index contributed by atoms with van der Waals surface area (Å²) in [6.07, 6.45) is 1.32. The van der Waals surface area contributed by atoms with Gasteiger partial charge in [-0.3, -0.25) is 0 Å². The first kappa shape index (κ1) is 12.0. The van der Waals surface area contributed by atoms with Crippen molar-refractivity contribution >= 4 is 39.3 Å². The molecule has 6 heteroatoms. The highest BCUT2D eigenvalue weighted by Crippen LogP contribution is 2.33. The summed E-state index contributed by atoms with van der Waals surface area (Å²) in [4.78, 5) is 9.97. The molecule has 0 amide bonds. The van der Waals surface area contributed by atoms with E-state index in [1.807, 2.05) is 18.2 Å². The normalized spacial score (nSPS) is 18.5. The van der Waals surface area contributed by atoms with Crippen molar-refractivity contribution in [2.45, 2.75) is 12.3 Å². The predicted molar refractivity (Wildman–Crippen MR) is 74.0 cm³/mol. The van der Waals surface area contributed by atoms with Crippen molar-refractivity contribution in [3.05, 3.63) is 28.1 Å². The Morgan fingerprint density at radius 2 is 2.11 bits per heavy atom. The van der Waals surface area contributed by atoms with E-state index in [1.54, 1.807) is 4.90 Å². The second-order valence-corrected chi connectivity index (χ2v) is 5.63. The van der Waals surface area contributed by atoms with Gasteiger partial charge in [-0.05, 0) is 40.8 Å². The second-order valence-electron chi connectivity index (χ2n) is 4.39. The molecule has 0 spiro atoms. The van der Waals surface area contributed by atoms with E-state index >= 15 is 0 Å². The average molecular weight is 361 g/mol. The van der Waals surface area contributed by atoms with Gasteiger partial charge in [0.2, 0.25) is 0 Å². The van der Waals surface area contributed by atoms with Crippen LogP contribution in [0.15, 0.2) is 24.5 Å². The first-order valence-corrected chi connectivity index (χ1v) is 6.66. The molecule has 0 radical (unpaired) electrons. The van der Waals surface area contributed by atoms with Gasteiger partial charge in [0.25, 0.3) is 5.92 Å². The number of aromatic nitrogens is 2. The van der Waals surface area contributed by atoms with Gasteiger partial charge in [-0.15, -0.1) is 0 Å². The minimum Gasteiger partial charge on any atom is -0.350 e. The quantitative estimate of drug-likeness (QED) is 0.732. The summed E-state index contributed by atoms with van der Waals surface area (Å²) in [5, 5.41) is 0.835. The molecule has 1 aromatic carbocycles. The molecule has 1 saturated heterocycles. The Morgan fingerprint density at radius 3 is 2.83 bits per heavy atom. The van der Waals surface area contributed by atoms with Gasteiger partial charge < -0.3 is 4.90 Å². The van der Waals surface area contributed by atoms with Gasteiger partial charge in [0, 0.05) is 21.9 Å². The maximum atomic E-state index is 13.3. The average Bonchev–Trinajstić information content (AvgIpc) is 2.69. The number of hydrogen-bond donors (Lipinski definition) is 0. The number of rotatable bonds is 1. The molecular formula is C12H10F2IN3. The van der Waals surface area contributed by atoms with Crippen LogP contribution in [0.25, 0.3) is 10.9 Å². The van der Waals surface area contributed by atoms with Crippen LogP contribution in [0.5, 0.6) is 0 Å². The Labute approximate surface area is 116 Å². The van der Waals surface area contributed by atoms with Crippen LogP contribution >= 0.6 is 22.6 Å². The van der Waals surface area contributed by atoms with Crippen molar-refractivity contribution in [1.82, 2.24) is 9.97 Å². The summed E-state index contributed by atoms with van der Waals surface area (Å²) in [5.41, 5.74) is 0.788. The zero-order valence-corrected chi connectivity index (χ0v) is 11.6. The van der Waals surface area contributed by atoms with Crippen molar-refractivity contribution < 1.29 is 8.78 Å². The van der Waals surface area contributed by atoms with E-state index in [-0.39, 0.29) is 13.0 Å². The lowest BCUT2D eigenvalue weighted by atomic mass is 10.2. The van der Waals surface area contributed by atoms with Gasteiger partial charge in [-0.25, -0.2) is 18.7 Å². The Bertz CT molecular complexity index is 603. The summed E-state index contributed by atoms with van der Waals surface area (Å²) in [6, 6.07) is 5.76. The minimum atomic E-state index is -2.61. The van der Waals surface area contributed by atoms with Crippen molar-refractivity contribution in [3.63, 3.8) is 0 Å². The van der Waals surface area contributed by atoms with E-state index < -0.39 is 5.92 Å². The van der Waals surface area contributed by atoms with Gasteiger partial charge in [0.1, 0.15) is 12.1 Å². The molecule has 0 aliphatic carbocycles. The van der Waals surface area contributed by atoms with E-state index in [0.29, 0.717) is 12.4 Å². The van der Waals surface area contributed by atoms with E-state index in [1.165, 1.54) is 6.33 Å². The van der Waals surface area contributed by atoms with Crippen LogP contribution in [0.2, 0.25) is 0 Å². The van der Waals surface area contributed by atoms with Gasteiger partial charge in [-0.2, -0.15) is 0 Å². The SMILES string of the molecule is FC1(F)CCN(c2ncnc3ccc(I)cc23)C1. The number of fused-ring (bicyclic) bond motifs is 1. The molecule has 94 valence electrons.